The van der Waals surface area contributed by atoms with E-state index in [-0.39, 0.29) is 37.3 Å². The maximum absolute atomic E-state index is 14.8. The summed E-state index contributed by atoms with van der Waals surface area (Å²) in [6, 6.07) is 6.07. The van der Waals surface area contributed by atoms with Crippen LogP contribution in [0.4, 0.5) is 4.79 Å². The number of benzene rings is 1. The van der Waals surface area contributed by atoms with Gasteiger partial charge in [0.05, 0.1) is 18.4 Å². The van der Waals surface area contributed by atoms with E-state index in [9.17, 15) is 27.6 Å². The Hall–Kier alpha value is -4.20. The molecule has 1 aromatic heterocycles. The standard InChI is InChI=1S/C39H51N5O8S/c1-4-27-21-39(27,36(47)43-53(49,50)29-14-15-29)42-33(45)31-20-28-22-44(31)35(46)32(26-10-6-5-7-11-26)41-37(48)51-23-38(2,3)17-8-9-24-12-13-25-16-18-40-34(52-28)30(25)19-24/h4,12-13,16,18-19,26-29,31-32H,1,5-11,14-15,17,20-23H2,2-3H3,(H,41,48)(H,42,45)(H,43,47)/t27-,28-,31+,32+,39?/m1/s1. The molecule has 1 aromatic carbocycles. The number of rotatable bonds is 7. The third-order valence-electron chi connectivity index (χ3n) is 11.7. The van der Waals surface area contributed by atoms with Crippen LogP contribution in [0.5, 0.6) is 5.88 Å². The van der Waals surface area contributed by atoms with Crippen LogP contribution in [-0.2, 0) is 35.6 Å². The van der Waals surface area contributed by atoms with E-state index in [0.29, 0.717) is 18.7 Å². The van der Waals surface area contributed by atoms with Gasteiger partial charge in [0.15, 0.2) is 0 Å². The van der Waals surface area contributed by atoms with E-state index in [2.05, 4.69) is 52.9 Å². The van der Waals surface area contributed by atoms with Crippen LogP contribution < -0.4 is 20.1 Å². The van der Waals surface area contributed by atoms with E-state index >= 15 is 0 Å². The summed E-state index contributed by atoms with van der Waals surface area (Å²) in [5.74, 6) is -2.12. The van der Waals surface area contributed by atoms with Gasteiger partial charge in [-0.25, -0.2) is 18.2 Å². The minimum Gasteiger partial charge on any atom is -0.472 e. The van der Waals surface area contributed by atoms with E-state index in [1.807, 2.05) is 12.1 Å². The fourth-order valence-electron chi connectivity index (χ4n) is 8.29. The minimum atomic E-state index is -3.88. The van der Waals surface area contributed by atoms with Crippen molar-refractivity contribution in [3.05, 3.63) is 48.7 Å². The van der Waals surface area contributed by atoms with Gasteiger partial charge in [-0.3, -0.25) is 19.1 Å². The largest absolute Gasteiger partial charge is 0.472 e. The lowest BCUT2D eigenvalue weighted by atomic mass is 9.83. The molecule has 3 heterocycles. The number of amides is 4. The van der Waals surface area contributed by atoms with Crippen molar-refractivity contribution >= 4 is 44.6 Å². The Labute approximate surface area is 311 Å². The Bertz CT molecular complexity index is 1890. The van der Waals surface area contributed by atoms with Gasteiger partial charge in [0.2, 0.25) is 27.7 Å². The molecule has 4 fully saturated rings. The fourth-order valence-corrected chi connectivity index (χ4v) is 9.65. The van der Waals surface area contributed by atoms with Gasteiger partial charge >= 0.3 is 6.09 Å². The first-order chi connectivity index (χ1) is 25.3. The number of ether oxygens (including phenoxy) is 2. The molecule has 4 bridgehead atoms. The molecule has 53 heavy (non-hydrogen) atoms. The van der Waals surface area contributed by atoms with E-state index in [0.717, 1.165) is 67.7 Å². The van der Waals surface area contributed by atoms with Crippen LogP contribution >= 0.6 is 0 Å². The molecule has 0 spiro atoms. The van der Waals surface area contributed by atoms with E-state index in [1.165, 1.54) is 11.0 Å². The van der Waals surface area contributed by atoms with Gasteiger partial charge in [-0.15, -0.1) is 6.58 Å². The SMILES string of the molecule is C=C[C@@H]1CC1(NC(=O)[C@@H]1C[C@@H]2CN1C(=O)[C@H](C1CCCCC1)NC(=O)OCC(C)(C)CCCc1ccc3ccnc(c3c1)O2)C(=O)NS(=O)(=O)C1CC1. The van der Waals surface area contributed by atoms with Gasteiger partial charge in [-0.05, 0) is 85.8 Å². The highest BCUT2D eigenvalue weighted by molar-refractivity contribution is 7.91. The number of carbonyl (C=O) groups is 4. The second-order valence-electron chi connectivity index (χ2n) is 16.5. The summed E-state index contributed by atoms with van der Waals surface area (Å²) in [4.78, 5) is 62.1. The Morgan fingerprint density at radius 1 is 1.08 bits per heavy atom. The number of nitrogens with one attached hydrogen (secondary N) is 3. The van der Waals surface area contributed by atoms with Crippen molar-refractivity contribution in [1.82, 2.24) is 25.2 Å². The number of nitrogens with zero attached hydrogens (tertiary/aromatic N) is 2. The third kappa shape index (κ3) is 8.02. The van der Waals surface area contributed by atoms with Crippen LogP contribution in [0, 0.1) is 17.3 Å². The first-order valence-electron chi connectivity index (χ1n) is 19.1. The van der Waals surface area contributed by atoms with Gasteiger partial charge in [0.25, 0.3) is 5.91 Å². The molecule has 0 radical (unpaired) electrons. The minimum absolute atomic E-state index is 0.0296. The summed E-state index contributed by atoms with van der Waals surface area (Å²) < 4.78 is 40.0. The first-order valence-corrected chi connectivity index (χ1v) is 20.6. The molecule has 1 saturated heterocycles. The number of aromatic nitrogens is 1. The summed E-state index contributed by atoms with van der Waals surface area (Å²) in [6.45, 7) is 8.11. The lowest BCUT2D eigenvalue weighted by Crippen LogP contribution is -2.59. The topological polar surface area (TPSA) is 173 Å². The molecule has 2 aromatic rings. The van der Waals surface area contributed by atoms with Gasteiger partial charge in [-0.2, -0.15) is 0 Å². The summed E-state index contributed by atoms with van der Waals surface area (Å²) in [7, 11) is -3.88. The summed E-state index contributed by atoms with van der Waals surface area (Å²) in [5.41, 5.74) is -0.723. The van der Waals surface area contributed by atoms with Crippen LogP contribution in [0.2, 0.25) is 0 Å². The zero-order valence-corrected chi connectivity index (χ0v) is 31.4. The predicted octanol–water partition coefficient (Wildman–Crippen LogP) is 4.29. The number of sulfonamides is 1. The fraction of sp³-hybridized carbons (Fsp3) is 0.615. The molecule has 14 heteroatoms. The van der Waals surface area contributed by atoms with Gasteiger partial charge < -0.3 is 25.0 Å². The monoisotopic (exact) mass is 749 g/mol. The van der Waals surface area contributed by atoms with Crippen molar-refractivity contribution in [3.8, 4) is 5.88 Å². The predicted molar refractivity (Wildman–Crippen MR) is 197 cm³/mol. The van der Waals surface area contributed by atoms with Crippen LogP contribution in [0.3, 0.4) is 0 Å². The number of fused-ring (bicyclic) bond motifs is 3. The van der Waals surface area contributed by atoms with Crippen LogP contribution in [-0.4, -0.2) is 84.2 Å². The molecule has 5 aliphatic rings. The van der Waals surface area contributed by atoms with Crippen LogP contribution in [0.1, 0.15) is 90.0 Å². The number of hydrogen-bond donors (Lipinski definition) is 3. The van der Waals surface area contributed by atoms with E-state index in [1.54, 1.807) is 6.20 Å². The highest BCUT2D eigenvalue weighted by Crippen LogP contribution is 2.45. The number of cyclic esters (lactones) is 1. The number of carbonyl (C=O) groups excluding carboxylic acids is 4. The lowest BCUT2D eigenvalue weighted by Gasteiger charge is -2.35. The van der Waals surface area contributed by atoms with Gasteiger partial charge in [-0.1, -0.05) is 51.3 Å². The van der Waals surface area contributed by atoms with Crippen molar-refractivity contribution in [2.24, 2.45) is 17.3 Å². The molecule has 5 atom stereocenters. The summed E-state index contributed by atoms with van der Waals surface area (Å²) >= 11 is 0. The van der Waals surface area contributed by atoms with E-state index in [4.69, 9.17) is 9.47 Å². The summed E-state index contributed by atoms with van der Waals surface area (Å²) in [5, 5.41) is 6.89. The Kier molecular flexibility index (Phi) is 10.2. The molecular weight excluding hydrogens is 699 g/mol. The second kappa shape index (κ2) is 14.6. The molecule has 1 unspecified atom stereocenters. The van der Waals surface area contributed by atoms with E-state index < -0.39 is 68.7 Å². The lowest BCUT2D eigenvalue weighted by molar-refractivity contribution is -0.142. The molecular formula is C39H51N5O8S. The average molecular weight is 750 g/mol. The van der Waals surface area contributed by atoms with Crippen molar-refractivity contribution < 1.29 is 37.1 Å². The molecule has 3 aliphatic carbocycles. The van der Waals surface area contributed by atoms with Crippen molar-refractivity contribution in [2.75, 3.05) is 13.2 Å². The van der Waals surface area contributed by atoms with Crippen LogP contribution in [0.25, 0.3) is 10.8 Å². The Morgan fingerprint density at radius 2 is 1.85 bits per heavy atom. The number of alkyl carbamates (subject to hydrolysis) is 1. The second-order valence-corrected chi connectivity index (χ2v) is 18.4. The molecule has 7 rings (SSSR count). The van der Waals surface area contributed by atoms with Gasteiger partial charge in [0.1, 0.15) is 23.7 Å². The average Bonchev–Trinajstić information content (AvgIpc) is 4.06. The zero-order chi connectivity index (χ0) is 37.5. The molecule has 3 saturated carbocycles. The third-order valence-corrected chi connectivity index (χ3v) is 13.6. The highest BCUT2D eigenvalue weighted by Gasteiger charge is 2.62. The molecule has 2 aliphatic heterocycles. The number of aryl methyl sites for hydroxylation is 1. The molecule has 286 valence electrons. The summed E-state index contributed by atoms with van der Waals surface area (Å²) in [6.07, 6.45) is 9.88. The smallest absolute Gasteiger partial charge is 0.407 e. The van der Waals surface area contributed by atoms with Crippen molar-refractivity contribution in [2.45, 2.75) is 120 Å². The Balaban J connectivity index is 1.22. The van der Waals surface area contributed by atoms with Gasteiger partial charge in [0, 0.05) is 23.9 Å². The molecule has 3 N–H and O–H groups in total. The van der Waals surface area contributed by atoms with Crippen molar-refractivity contribution in [3.63, 3.8) is 0 Å². The Morgan fingerprint density at radius 3 is 2.57 bits per heavy atom. The number of pyridine rings is 1. The van der Waals surface area contributed by atoms with Crippen molar-refractivity contribution in [1.29, 1.82) is 0 Å². The van der Waals surface area contributed by atoms with Crippen LogP contribution in [0.15, 0.2) is 43.1 Å². The molecule has 13 nitrogen and oxygen atoms in total. The quantitative estimate of drug-likeness (QED) is 0.349. The maximum Gasteiger partial charge on any atom is 0.407 e. The number of hydrogen-bond acceptors (Lipinski definition) is 9. The maximum atomic E-state index is 14.8. The normalized spacial score (nSPS) is 29.6. The molecule has 4 amide bonds. The first kappa shape index (κ1) is 37.1. The zero-order valence-electron chi connectivity index (χ0n) is 30.6. The highest BCUT2D eigenvalue weighted by atomic mass is 32.2.